The Bertz CT molecular complexity index is 628. The summed E-state index contributed by atoms with van der Waals surface area (Å²) in [7, 11) is 4.10. The van der Waals surface area contributed by atoms with E-state index in [1.54, 1.807) is 0 Å². The van der Waals surface area contributed by atoms with Crippen LogP contribution in [-0.2, 0) is 18.9 Å². The minimum Gasteiger partial charge on any atom is -0.481 e. The standard InChI is InChI=1S/C11H15N3O5/c1-12(5-4-8(15)16)9(17)7-6-13(2)11(19)14(3)10(7)18/h6H,4-5H2,1-3H3,(H,15,16). The summed E-state index contributed by atoms with van der Waals surface area (Å²) < 4.78 is 1.96. The zero-order chi connectivity index (χ0) is 14.7. The topological polar surface area (TPSA) is 102 Å². The van der Waals surface area contributed by atoms with Crippen molar-refractivity contribution in [3.05, 3.63) is 32.6 Å². The van der Waals surface area contributed by atoms with Crippen LogP contribution in [0.3, 0.4) is 0 Å². The predicted molar refractivity (Wildman–Crippen MR) is 66.1 cm³/mol. The lowest BCUT2D eigenvalue weighted by Gasteiger charge is -2.16. The molecule has 1 N–H and O–H groups in total. The van der Waals surface area contributed by atoms with Gasteiger partial charge in [-0.1, -0.05) is 0 Å². The van der Waals surface area contributed by atoms with Crippen LogP contribution in [-0.4, -0.2) is 44.6 Å². The number of aromatic nitrogens is 2. The fourth-order valence-corrected chi connectivity index (χ4v) is 1.53. The van der Waals surface area contributed by atoms with Crippen molar-refractivity contribution in [1.29, 1.82) is 0 Å². The normalized spacial score (nSPS) is 10.3. The molecule has 1 aromatic rings. The van der Waals surface area contributed by atoms with Crippen molar-refractivity contribution in [3.8, 4) is 0 Å². The molecule has 0 atom stereocenters. The first-order valence-corrected chi connectivity index (χ1v) is 5.49. The van der Waals surface area contributed by atoms with Gasteiger partial charge in [0.05, 0.1) is 6.42 Å². The van der Waals surface area contributed by atoms with Gasteiger partial charge in [-0.25, -0.2) is 4.79 Å². The number of carboxylic acid groups (broad SMARTS) is 1. The fourth-order valence-electron chi connectivity index (χ4n) is 1.53. The molecule has 1 rings (SSSR count). The number of carbonyl (C=O) groups is 2. The summed E-state index contributed by atoms with van der Waals surface area (Å²) in [5.41, 5.74) is -1.40. The van der Waals surface area contributed by atoms with Crippen LogP contribution in [0.5, 0.6) is 0 Å². The molecule has 19 heavy (non-hydrogen) atoms. The zero-order valence-electron chi connectivity index (χ0n) is 10.9. The second kappa shape index (κ2) is 5.51. The molecular formula is C11H15N3O5. The smallest absolute Gasteiger partial charge is 0.330 e. The SMILES string of the molecule is CN(CCC(=O)O)C(=O)c1cn(C)c(=O)n(C)c1=O. The molecule has 8 heteroatoms. The van der Waals surface area contributed by atoms with E-state index < -0.39 is 23.1 Å². The lowest BCUT2D eigenvalue weighted by atomic mass is 10.2. The molecular weight excluding hydrogens is 254 g/mol. The molecule has 0 aliphatic carbocycles. The third kappa shape index (κ3) is 3.09. The summed E-state index contributed by atoms with van der Waals surface area (Å²) in [5, 5.41) is 8.54. The van der Waals surface area contributed by atoms with Crippen molar-refractivity contribution in [2.24, 2.45) is 14.1 Å². The van der Waals surface area contributed by atoms with Crippen molar-refractivity contribution in [1.82, 2.24) is 14.0 Å². The van der Waals surface area contributed by atoms with E-state index in [9.17, 15) is 19.2 Å². The maximum Gasteiger partial charge on any atom is 0.330 e. The van der Waals surface area contributed by atoms with Crippen LogP contribution in [0.2, 0.25) is 0 Å². The van der Waals surface area contributed by atoms with E-state index in [-0.39, 0.29) is 18.5 Å². The number of aryl methyl sites for hydroxylation is 1. The molecule has 0 spiro atoms. The van der Waals surface area contributed by atoms with Gasteiger partial charge < -0.3 is 14.6 Å². The van der Waals surface area contributed by atoms with E-state index in [1.807, 2.05) is 0 Å². The van der Waals surface area contributed by atoms with Gasteiger partial charge in [0.25, 0.3) is 11.5 Å². The van der Waals surface area contributed by atoms with Gasteiger partial charge in [-0.3, -0.25) is 19.0 Å². The number of rotatable bonds is 4. The molecule has 1 heterocycles. The van der Waals surface area contributed by atoms with E-state index in [1.165, 1.54) is 21.1 Å². The molecule has 0 unspecified atom stereocenters. The molecule has 104 valence electrons. The van der Waals surface area contributed by atoms with Gasteiger partial charge in [0.15, 0.2) is 0 Å². The first-order valence-electron chi connectivity index (χ1n) is 5.49. The Kier molecular flexibility index (Phi) is 4.26. The van der Waals surface area contributed by atoms with Crippen molar-refractivity contribution in [2.75, 3.05) is 13.6 Å². The van der Waals surface area contributed by atoms with Crippen LogP contribution >= 0.6 is 0 Å². The van der Waals surface area contributed by atoms with Crippen LogP contribution in [0, 0.1) is 0 Å². The number of carbonyl (C=O) groups excluding carboxylic acids is 1. The first kappa shape index (κ1) is 14.7. The molecule has 0 aromatic carbocycles. The van der Waals surface area contributed by atoms with Crippen LogP contribution < -0.4 is 11.2 Å². The minimum absolute atomic E-state index is 0.0137. The Morgan fingerprint density at radius 2 is 1.89 bits per heavy atom. The molecule has 0 fully saturated rings. The summed E-state index contributed by atoms with van der Waals surface area (Å²) in [6.07, 6.45) is 0.943. The molecule has 8 nitrogen and oxygen atoms in total. The van der Waals surface area contributed by atoms with Crippen LogP contribution in [0.25, 0.3) is 0 Å². The molecule has 0 saturated heterocycles. The number of hydrogen-bond donors (Lipinski definition) is 1. The molecule has 0 aliphatic heterocycles. The molecule has 1 amide bonds. The number of carboxylic acids is 1. The highest BCUT2D eigenvalue weighted by Gasteiger charge is 2.18. The highest BCUT2D eigenvalue weighted by atomic mass is 16.4. The number of hydrogen-bond acceptors (Lipinski definition) is 4. The van der Waals surface area contributed by atoms with Crippen molar-refractivity contribution < 1.29 is 14.7 Å². The zero-order valence-corrected chi connectivity index (χ0v) is 10.9. The van der Waals surface area contributed by atoms with E-state index in [0.717, 1.165) is 20.2 Å². The van der Waals surface area contributed by atoms with E-state index in [0.29, 0.717) is 0 Å². The number of aliphatic carboxylic acids is 1. The fraction of sp³-hybridized carbons (Fsp3) is 0.455. The van der Waals surface area contributed by atoms with E-state index in [2.05, 4.69) is 0 Å². The maximum absolute atomic E-state index is 12.0. The average molecular weight is 269 g/mol. The van der Waals surface area contributed by atoms with Gasteiger partial charge in [0.1, 0.15) is 5.56 Å². The third-order valence-electron chi connectivity index (χ3n) is 2.68. The number of nitrogens with zero attached hydrogens (tertiary/aromatic N) is 3. The van der Waals surface area contributed by atoms with Crippen molar-refractivity contribution in [3.63, 3.8) is 0 Å². The Labute approximate surface area is 108 Å². The van der Waals surface area contributed by atoms with Crippen LogP contribution in [0.4, 0.5) is 0 Å². The van der Waals surface area contributed by atoms with Crippen molar-refractivity contribution >= 4 is 11.9 Å². The summed E-state index contributed by atoms with van der Waals surface area (Å²) in [6, 6.07) is 0. The lowest BCUT2D eigenvalue weighted by molar-refractivity contribution is -0.137. The quantitative estimate of drug-likeness (QED) is 0.726. The summed E-state index contributed by atoms with van der Waals surface area (Å²) >= 11 is 0. The number of amides is 1. The molecule has 0 radical (unpaired) electrons. The van der Waals surface area contributed by atoms with Crippen molar-refractivity contribution in [2.45, 2.75) is 6.42 Å². The molecule has 0 saturated carbocycles. The monoisotopic (exact) mass is 269 g/mol. The van der Waals surface area contributed by atoms with E-state index in [4.69, 9.17) is 5.11 Å². The highest BCUT2D eigenvalue weighted by molar-refractivity contribution is 5.93. The van der Waals surface area contributed by atoms with Gasteiger partial charge in [-0.05, 0) is 0 Å². The second-order valence-electron chi connectivity index (χ2n) is 4.17. The maximum atomic E-state index is 12.0. The van der Waals surface area contributed by atoms with Crippen LogP contribution in [0.1, 0.15) is 16.8 Å². The van der Waals surface area contributed by atoms with Gasteiger partial charge in [0, 0.05) is 33.9 Å². The van der Waals surface area contributed by atoms with Gasteiger partial charge in [0.2, 0.25) is 0 Å². The summed E-state index contributed by atoms with van der Waals surface area (Å²) in [6.45, 7) is -0.0137. The third-order valence-corrected chi connectivity index (χ3v) is 2.68. The molecule has 0 bridgehead atoms. The van der Waals surface area contributed by atoms with Crippen LogP contribution in [0.15, 0.2) is 15.8 Å². The summed E-state index contributed by atoms with van der Waals surface area (Å²) in [4.78, 5) is 46.8. The molecule has 1 aromatic heterocycles. The minimum atomic E-state index is -1.03. The Balaban J connectivity index is 3.11. The van der Waals surface area contributed by atoms with Gasteiger partial charge in [-0.15, -0.1) is 0 Å². The van der Waals surface area contributed by atoms with Gasteiger partial charge >= 0.3 is 11.7 Å². The lowest BCUT2D eigenvalue weighted by Crippen LogP contribution is -2.42. The summed E-state index contributed by atoms with van der Waals surface area (Å²) in [5.74, 6) is -1.65. The Morgan fingerprint density at radius 3 is 2.42 bits per heavy atom. The Hall–Kier alpha value is -2.38. The van der Waals surface area contributed by atoms with Gasteiger partial charge in [-0.2, -0.15) is 0 Å². The Morgan fingerprint density at radius 1 is 1.32 bits per heavy atom. The predicted octanol–water partition coefficient (Wildman–Crippen LogP) is -1.37. The average Bonchev–Trinajstić information content (AvgIpc) is 2.36. The molecule has 0 aliphatic rings. The highest BCUT2D eigenvalue weighted by Crippen LogP contribution is 1.97. The largest absolute Gasteiger partial charge is 0.481 e. The first-order chi connectivity index (χ1) is 8.75. The second-order valence-corrected chi connectivity index (χ2v) is 4.17. The van der Waals surface area contributed by atoms with E-state index >= 15 is 0 Å².